The number of hydrogen-bond acceptors (Lipinski definition) is 7. The Hall–Kier alpha value is -4.05. The number of carboxylic acids is 1. The normalized spacial score (nSPS) is 13.5. The summed E-state index contributed by atoms with van der Waals surface area (Å²) < 4.78 is 22.9. The summed E-state index contributed by atoms with van der Waals surface area (Å²) in [7, 11) is 5.96. The zero-order valence-corrected chi connectivity index (χ0v) is 49.4. The predicted octanol–water partition coefficient (Wildman–Crippen LogP) is 18.3. The molecule has 9 nitrogen and oxygen atoms in total. The molecule has 0 aromatic rings. The lowest BCUT2D eigenvalue weighted by molar-refractivity contribution is -0.870. The van der Waals surface area contributed by atoms with Gasteiger partial charge in [-0.1, -0.05) is 232 Å². The van der Waals surface area contributed by atoms with Crippen LogP contribution in [0.25, 0.3) is 0 Å². The quantitative estimate of drug-likeness (QED) is 0.0211. The van der Waals surface area contributed by atoms with Crippen LogP contribution in [0.3, 0.4) is 0 Å². The van der Waals surface area contributed by atoms with Gasteiger partial charge in [0, 0.05) is 12.8 Å². The molecule has 434 valence electrons. The molecule has 2 atom stereocenters. The van der Waals surface area contributed by atoms with Gasteiger partial charge in [0.1, 0.15) is 13.2 Å². The Morgan fingerprint density at radius 1 is 0.408 bits per heavy atom. The first-order valence-corrected chi connectivity index (χ1v) is 30.6. The van der Waals surface area contributed by atoms with Gasteiger partial charge in [-0.2, -0.15) is 0 Å². The van der Waals surface area contributed by atoms with Crippen LogP contribution in [0.2, 0.25) is 0 Å². The number of carboxylic acid groups (broad SMARTS) is 1. The van der Waals surface area contributed by atoms with E-state index < -0.39 is 24.3 Å². The average molecular weight is 1060 g/mol. The van der Waals surface area contributed by atoms with E-state index >= 15 is 0 Å². The molecule has 0 saturated carbocycles. The van der Waals surface area contributed by atoms with Gasteiger partial charge in [-0.25, -0.2) is 4.79 Å². The largest absolute Gasteiger partial charge is 0.477 e. The first-order valence-electron chi connectivity index (χ1n) is 30.6. The van der Waals surface area contributed by atoms with Crippen molar-refractivity contribution in [1.82, 2.24) is 0 Å². The lowest BCUT2D eigenvalue weighted by Gasteiger charge is -2.25. The number of unbranched alkanes of at least 4 members (excludes halogenated alkanes) is 22. The number of esters is 2. The zero-order chi connectivity index (χ0) is 55.5. The van der Waals surface area contributed by atoms with E-state index in [1.54, 1.807) is 0 Å². The van der Waals surface area contributed by atoms with Crippen molar-refractivity contribution in [3.8, 4) is 0 Å². The van der Waals surface area contributed by atoms with Gasteiger partial charge in [-0.05, 0) is 103 Å². The van der Waals surface area contributed by atoms with Crippen molar-refractivity contribution < 1.29 is 42.9 Å². The lowest BCUT2D eigenvalue weighted by atomic mass is 10.0. The molecule has 0 spiro atoms. The molecule has 0 saturated heterocycles. The third-order valence-corrected chi connectivity index (χ3v) is 12.8. The number of likely N-dealkylation sites (N-methyl/N-ethyl adjacent to an activating group) is 1. The van der Waals surface area contributed by atoms with E-state index in [0.717, 1.165) is 109 Å². The maximum Gasteiger partial charge on any atom is 0.361 e. The highest BCUT2D eigenvalue weighted by Gasteiger charge is 2.25. The molecule has 0 amide bonds. The van der Waals surface area contributed by atoms with Crippen molar-refractivity contribution in [2.45, 2.75) is 251 Å². The molecule has 0 heterocycles. The van der Waals surface area contributed by atoms with Gasteiger partial charge in [0.05, 0.1) is 34.4 Å². The molecule has 0 bridgehead atoms. The molecule has 0 fully saturated rings. The van der Waals surface area contributed by atoms with Crippen molar-refractivity contribution >= 4 is 17.9 Å². The summed E-state index contributed by atoms with van der Waals surface area (Å²) in [6, 6.07) is 0. The van der Waals surface area contributed by atoms with Crippen molar-refractivity contribution in [3.63, 3.8) is 0 Å². The molecule has 0 aromatic heterocycles. The van der Waals surface area contributed by atoms with Gasteiger partial charge >= 0.3 is 17.9 Å². The summed E-state index contributed by atoms with van der Waals surface area (Å²) in [4.78, 5) is 37.4. The Morgan fingerprint density at radius 2 is 0.750 bits per heavy atom. The number of carbonyl (C=O) groups is 3. The van der Waals surface area contributed by atoms with Crippen LogP contribution in [-0.2, 0) is 33.3 Å². The summed E-state index contributed by atoms with van der Waals surface area (Å²) in [5.41, 5.74) is 0. The highest BCUT2D eigenvalue weighted by atomic mass is 16.7. The standard InChI is InChI=1S/C67H113NO8/c1-6-8-10-12-14-16-18-20-22-24-25-26-27-28-29-30-31-32-33-34-35-36-37-38-39-40-41-42-44-46-48-50-52-54-56-58-65(70)76-63(62-75-67(66(71)72)73-60-59-68(3,4)5)61-74-64(69)57-55-53-51-49-47-45-43-23-21-19-17-15-13-11-9-7-2/h8,10,14,16-17,19-20,22-23,25-26,28-29,31-32,34-35,43,63,67H,6-7,9,11-13,15,18,21,24,27,30,33,36-42,44-62H2,1-5H3/p+1/b10-8-,16-14-,19-17-,22-20-,26-25-,29-28-,32-31-,35-34-,43-23-. The number of nitrogens with zero attached hydrogens (tertiary/aromatic N) is 1. The molecular formula is C67H114NO8+. The van der Waals surface area contributed by atoms with Crippen LogP contribution in [0.15, 0.2) is 109 Å². The van der Waals surface area contributed by atoms with Crippen LogP contribution in [0.4, 0.5) is 0 Å². The first kappa shape index (κ1) is 72.0. The van der Waals surface area contributed by atoms with Crippen LogP contribution in [0.1, 0.15) is 239 Å². The fraction of sp³-hybridized carbons (Fsp3) is 0.687. The first-order chi connectivity index (χ1) is 37.1. The van der Waals surface area contributed by atoms with Crippen LogP contribution in [-0.4, -0.2) is 87.4 Å². The topological polar surface area (TPSA) is 108 Å². The van der Waals surface area contributed by atoms with Gasteiger partial charge < -0.3 is 28.5 Å². The van der Waals surface area contributed by atoms with E-state index in [9.17, 15) is 19.5 Å². The number of allylic oxidation sites excluding steroid dienone is 18. The summed E-state index contributed by atoms with van der Waals surface area (Å²) in [6.07, 6.45) is 76.0. The van der Waals surface area contributed by atoms with Crippen molar-refractivity contribution in [1.29, 1.82) is 0 Å². The average Bonchev–Trinajstić information content (AvgIpc) is 3.39. The number of rotatable bonds is 55. The van der Waals surface area contributed by atoms with Crippen LogP contribution >= 0.6 is 0 Å². The number of ether oxygens (including phenoxy) is 4. The van der Waals surface area contributed by atoms with E-state index in [4.69, 9.17) is 18.9 Å². The van der Waals surface area contributed by atoms with Gasteiger partial charge in [-0.15, -0.1) is 0 Å². The van der Waals surface area contributed by atoms with E-state index in [1.165, 1.54) is 96.3 Å². The smallest absolute Gasteiger partial charge is 0.361 e. The molecule has 9 heteroatoms. The van der Waals surface area contributed by atoms with Crippen LogP contribution in [0.5, 0.6) is 0 Å². The van der Waals surface area contributed by atoms with Gasteiger partial charge in [0.2, 0.25) is 0 Å². The molecule has 0 aliphatic carbocycles. The maximum atomic E-state index is 12.9. The molecule has 0 aliphatic rings. The monoisotopic (exact) mass is 1060 g/mol. The van der Waals surface area contributed by atoms with E-state index in [1.807, 2.05) is 21.1 Å². The molecule has 0 aromatic carbocycles. The molecule has 2 unspecified atom stereocenters. The predicted molar refractivity (Wildman–Crippen MR) is 322 cm³/mol. The van der Waals surface area contributed by atoms with Crippen LogP contribution < -0.4 is 0 Å². The highest BCUT2D eigenvalue weighted by molar-refractivity contribution is 5.71. The fourth-order valence-electron chi connectivity index (χ4n) is 8.08. The van der Waals surface area contributed by atoms with E-state index in [-0.39, 0.29) is 38.6 Å². The van der Waals surface area contributed by atoms with E-state index in [0.29, 0.717) is 17.4 Å². The Kier molecular flexibility index (Phi) is 54.1. The van der Waals surface area contributed by atoms with Crippen molar-refractivity contribution in [2.24, 2.45) is 0 Å². The minimum Gasteiger partial charge on any atom is -0.477 e. The van der Waals surface area contributed by atoms with E-state index in [2.05, 4.69) is 123 Å². The van der Waals surface area contributed by atoms with Crippen molar-refractivity contribution in [3.05, 3.63) is 109 Å². The summed E-state index contributed by atoms with van der Waals surface area (Å²) in [6.45, 7) is 4.72. The SMILES string of the molecule is CC/C=C\C/C=C\C/C=C\C/C=C\C/C=C\C/C=C\C/C=C\CCCCCCCCCCCCCCCC(=O)OC(COC(=O)CCCCCCC/C=C\C/C=C\CCCCCC)COC(OCC[N+](C)(C)C)C(=O)O. The highest BCUT2D eigenvalue weighted by Crippen LogP contribution is 2.15. The molecule has 1 N–H and O–H groups in total. The molecule has 76 heavy (non-hydrogen) atoms. The second-order valence-corrected chi connectivity index (χ2v) is 21.3. The number of hydrogen-bond donors (Lipinski definition) is 1. The fourth-order valence-corrected chi connectivity index (χ4v) is 8.08. The minimum absolute atomic E-state index is 0.181. The third kappa shape index (κ3) is 57.7. The molecule has 0 rings (SSSR count). The van der Waals surface area contributed by atoms with Crippen molar-refractivity contribution in [2.75, 3.05) is 47.5 Å². The second kappa shape index (κ2) is 57.1. The number of carbonyl (C=O) groups excluding carboxylic acids is 2. The molecule has 0 radical (unpaired) electrons. The van der Waals surface area contributed by atoms with Gasteiger partial charge in [0.15, 0.2) is 6.10 Å². The third-order valence-electron chi connectivity index (χ3n) is 12.8. The molecule has 0 aliphatic heterocycles. The Bertz CT molecular complexity index is 1610. The minimum atomic E-state index is -1.52. The zero-order valence-electron chi connectivity index (χ0n) is 49.4. The van der Waals surface area contributed by atoms with Gasteiger partial charge in [0.25, 0.3) is 6.29 Å². The maximum absolute atomic E-state index is 12.9. The summed E-state index contributed by atoms with van der Waals surface area (Å²) in [5, 5.41) is 9.70. The lowest BCUT2D eigenvalue weighted by Crippen LogP contribution is -2.40. The van der Waals surface area contributed by atoms with Crippen LogP contribution in [0, 0.1) is 0 Å². The number of aliphatic carboxylic acids is 1. The Labute approximate surface area is 466 Å². The Balaban J connectivity index is 4.17. The Morgan fingerprint density at radius 3 is 1.12 bits per heavy atom. The second-order valence-electron chi connectivity index (χ2n) is 21.3. The van der Waals surface area contributed by atoms with Gasteiger partial charge in [-0.3, -0.25) is 9.59 Å². The molecular weight excluding hydrogens is 947 g/mol. The summed E-state index contributed by atoms with van der Waals surface area (Å²) in [5.74, 6) is -2.03. The number of quaternary nitrogens is 1. The summed E-state index contributed by atoms with van der Waals surface area (Å²) >= 11 is 0.